The van der Waals surface area contributed by atoms with Crippen LogP contribution in [0.5, 0.6) is 0 Å². The summed E-state index contributed by atoms with van der Waals surface area (Å²) in [5.41, 5.74) is 4.91. The van der Waals surface area contributed by atoms with Gasteiger partial charge in [0, 0.05) is 19.0 Å². The largest absolute Gasteiger partial charge is 0.352 e. The summed E-state index contributed by atoms with van der Waals surface area (Å²) in [5.74, 6) is -0.719. The van der Waals surface area contributed by atoms with Gasteiger partial charge in [0.25, 0.3) is 0 Å². The van der Waals surface area contributed by atoms with Crippen LogP contribution in [0, 0.1) is 20.8 Å². The number of nitrogens with zero attached hydrogens (tertiary/aromatic N) is 2. The van der Waals surface area contributed by atoms with Gasteiger partial charge in [0.1, 0.15) is 12.6 Å². The molecule has 2 amide bonds. The molecular formula is C32H41N3O4S. The molecule has 8 heteroatoms. The van der Waals surface area contributed by atoms with Crippen LogP contribution < -0.4 is 9.62 Å². The fourth-order valence-electron chi connectivity index (χ4n) is 4.47. The number of amides is 2. The average Bonchev–Trinajstić information content (AvgIpc) is 2.91. The molecule has 0 aromatic heterocycles. The molecule has 214 valence electrons. The van der Waals surface area contributed by atoms with Gasteiger partial charge in [0.15, 0.2) is 0 Å². The predicted molar refractivity (Wildman–Crippen MR) is 162 cm³/mol. The molecule has 3 aromatic rings. The molecule has 0 aliphatic carbocycles. The van der Waals surface area contributed by atoms with Gasteiger partial charge in [-0.2, -0.15) is 0 Å². The van der Waals surface area contributed by atoms with E-state index in [1.165, 1.54) is 4.90 Å². The zero-order valence-electron chi connectivity index (χ0n) is 24.3. The molecule has 2 atom stereocenters. The molecule has 7 nitrogen and oxygen atoms in total. The Morgan fingerprint density at radius 3 is 2.10 bits per heavy atom. The Morgan fingerprint density at radius 2 is 1.50 bits per heavy atom. The molecule has 0 radical (unpaired) electrons. The lowest BCUT2D eigenvalue weighted by Crippen LogP contribution is -2.54. The van der Waals surface area contributed by atoms with Gasteiger partial charge in [-0.05, 0) is 62.4 Å². The molecule has 0 fully saturated rings. The number of aryl methyl sites for hydroxylation is 3. The lowest BCUT2D eigenvalue weighted by Gasteiger charge is -2.34. The topological polar surface area (TPSA) is 86.8 Å². The molecule has 0 unspecified atom stereocenters. The highest BCUT2D eigenvalue weighted by Crippen LogP contribution is 2.25. The van der Waals surface area contributed by atoms with E-state index < -0.39 is 28.5 Å². The molecule has 0 heterocycles. The summed E-state index contributed by atoms with van der Waals surface area (Å²) >= 11 is 0. The first-order chi connectivity index (χ1) is 18.9. The second-order valence-electron chi connectivity index (χ2n) is 10.6. The fraction of sp³-hybridized carbons (Fsp3) is 0.375. The third-order valence-electron chi connectivity index (χ3n) is 7.06. The maximum Gasteiger partial charge on any atom is 0.244 e. The SMILES string of the molecule is CC[C@H](C)NC(=O)[C@@H](Cc1ccccc1)N(Cc1ccc(C)cc1)C(=O)CN(c1cc(C)ccc1C)S(C)(=O)=O. The molecule has 0 saturated heterocycles. The maximum atomic E-state index is 14.2. The van der Waals surface area contributed by atoms with Gasteiger partial charge in [-0.15, -0.1) is 0 Å². The van der Waals surface area contributed by atoms with E-state index >= 15 is 0 Å². The Kier molecular flexibility index (Phi) is 10.5. The first-order valence-electron chi connectivity index (χ1n) is 13.6. The van der Waals surface area contributed by atoms with Gasteiger partial charge in [0.05, 0.1) is 11.9 Å². The van der Waals surface area contributed by atoms with Crippen molar-refractivity contribution in [2.45, 2.75) is 66.1 Å². The van der Waals surface area contributed by atoms with Gasteiger partial charge in [-0.25, -0.2) is 8.42 Å². The molecule has 0 spiro atoms. The van der Waals surface area contributed by atoms with E-state index in [0.29, 0.717) is 12.1 Å². The number of nitrogens with one attached hydrogen (secondary N) is 1. The highest BCUT2D eigenvalue weighted by atomic mass is 32.2. The van der Waals surface area contributed by atoms with Crippen LogP contribution in [-0.2, 0) is 32.6 Å². The number of anilines is 1. The summed E-state index contributed by atoms with van der Waals surface area (Å²) in [6.07, 6.45) is 2.14. The molecule has 0 aliphatic heterocycles. The summed E-state index contributed by atoms with van der Waals surface area (Å²) in [5, 5.41) is 3.05. The van der Waals surface area contributed by atoms with E-state index in [-0.39, 0.29) is 18.5 Å². The van der Waals surface area contributed by atoms with Gasteiger partial charge < -0.3 is 10.2 Å². The summed E-state index contributed by atoms with van der Waals surface area (Å²) in [4.78, 5) is 29.4. The van der Waals surface area contributed by atoms with E-state index in [2.05, 4.69) is 5.32 Å². The van der Waals surface area contributed by atoms with Crippen molar-refractivity contribution >= 4 is 27.5 Å². The Labute approximate surface area is 239 Å². The van der Waals surface area contributed by atoms with E-state index in [4.69, 9.17) is 0 Å². The maximum absolute atomic E-state index is 14.2. The number of carbonyl (C=O) groups excluding carboxylic acids is 2. The van der Waals surface area contributed by atoms with Crippen molar-refractivity contribution in [3.05, 3.63) is 101 Å². The number of benzene rings is 3. The smallest absolute Gasteiger partial charge is 0.244 e. The minimum Gasteiger partial charge on any atom is -0.352 e. The molecule has 1 N–H and O–H groups in total. The molecule has 0 saturated carbocycles. The van der Waals surface area contributed by atoms with Crippen LogP contribution in [0.3, 0.4) is 0 Å². The second kappa shape index (κ2) is 13.6. The van der Waals surface area contributed by atoms with E-state index in [1.54, 1.807) is 6.07 Å². The minimum absolute atomic E-state index is 0.0791. The van der Waals surface area contributed by atoms with Crippen molar-refractivity contribution in [2.75, 3.05) is 17.1 Å². The Balaban J connectivity index is 2.08. The Morgan fingerprint density at radius 1 is 0.875 bits per heavy atom. The Hall–Kier alpha value is -3.65. The van der Waals surface area contributed by atoms with Gasteiger partial charge in [-0.3, -0.25) is 13.9 Å². The van der Waals surface area contributed by atoms with Gasteiger partial charge >= 0.3 is 0 Å². The second-order valence-corrected chi connectivity index (χ2v) is 12.5. The molecule has 0 aliphatic rings. The quantitative estimate of drug-likeness (QED) is 0.339. The molecular weight excluding hydrogens is 522 g/mol. The first-order valence-corrected chi connectivity index (χ1v) is 15.5. The van der Waals surface area contributed by atoms with Crippen LogP contribution in [0.4, 0.5) is 5.69 Å². The summed E-state index contributed by atoms with van der Waals surface area (Å²) in [6, 6.07) is 21.9. The summed E-state index contributed by atoms with van der Waals surface area (Å²) in [7, 11) is -3.81. The predicted octanol–water partition coefficient (Wildman–Crippen LogP) is 4.93. The zero-order valence-corrected chi connectivity index (χ0v) is 25.2. The van der Waals surface area contributed by atoms with Crippen LogP contribution in [-0.4, -0.2) is 50.0 Å². The van der Waals surface area contributed by atoms with E-state index in [0.717, 1.165) is 44.8 Å². The molecule has 0 bridgehead atoms. The number of sulfonamides is 1. The van der Waals surface area contributed by atoms with E-state index in [9.17, 15) is 18.0 Å². The van der Waals surface area contributed by atoms with Crippen molar-refractivity contribution in [3.8, 4) is 0 Å². The lowest BCUT2D eigenvalue weighted by molar-refractivity contribution is -0.140. The normalized spacial score (nSPS) is 12.8. The third-order valence-corrected chi connectivity index (χ3v) is 8.18. The number of hydrogen-bond donors (Lipinski definition) is 1. The van der Waals surface area contributed by atoms with Crippen LogP contribution in [0.15, 0.2) is 72.8 Å². The third kappa shape index (κ3) is 8.42. The van der Waals surface area contributed by atoms with Crippen molar-refractivity contribution in [3.63, 3.8) is 0 Å². The van der Waals surface area contributed by atoms with Crippen LogP contribution in [0.2, 0.25) is 0 Å². The van der Waals surface area contributed by atoms with Crippen LogP contribution in [0.1, 0.15) is 48.1 Å². The number of carbonyl (C=O) groups is 2. The van der Waals surface area contributed by atoms with Gasteiger partial charge in [0.2, 0.25) is 21.8 Å². The highest BCUT2D eigenvalue weighted by molar-refractivity contribution is 7.92. The van der Waals surface area contributed by atoms with Gasteiger partial charge in [-0.1, -0.05) is 79.2 Å². The minimum atomic E-state index is -3.81. The Bertz CT molecular complexity index is 1410. The van der Waals surface area contributed by atoms with Crippen molar-refractivity contribution in [2.24, 2.45) is 0 Å². The molecule has 3 aromatic carbocycles. The molecule has 3 rings (SSSR count). The molecule has 40 heavy (non-hydrogen) atoms. The van der Waals surface area contributed by atoms with Crippen molar-refractivity contribution in [1.82, 2.24) is 10.2 Å². The first kappa shape index (κ1) is 30.9. The zero-order chi connectivity index (χ0) is 29.4. The number of hydrogen-bond acceptors (Lipinski definition) is 4. The van der Waals surface area contributed by atoms with Crippen LogP contribution >= 0.6 is 0 Å². The van der Waals surface area contributed by atoms with Crippen molar-refractivity contribution in [1.29, 1.82) is 0 Å². The average molecular weight is 564 g/mol. The summed E-state index contributed by atoms with van der Waals surface area (Å²) in [6.45, 7) is 9.34. The van der Waals surface area contributed by atoms with Crippen LogP contribution in [0.25, 0.3) is 0 Å². The highest BCUT2D eigenvalue weighted by Gasteiger charge is 2.33. The monoisotopic (exact) mass is 563 g/mol. The summed E-state index contributed by atoms with van der Waals surface area (Å²) < 4.78 is 27.2. The van der Waals surface area contributed by atoms with Crippen molar-refractivity contribution < 1.29 is 18.0 Å². The lowest BCUT2D eigenvalue weighted by atomic mass is 10.0. The fourth-order valence-corrected chi connectivity index (χ4v) is 5.37. The standard InChI is InChI=1S/C32H41N3O4S/c1-7-26(5)33-32(37)30(20-27-11-9-8-10-12-27)34(21-28-17-14-23(2)15-18-28)31(36)22-35(40(6,38)39)29-19-24(3)13-16-25(29)4/h8-19,26,30H,7,20-22H2,1-6H3,(H,33,37)/t26-,30+/m0/s1. The van der Waals surface area contributed by atoms with E-state index in [1.807, 2.05) is 101 Å². The number of rotatable bonds is 12.